The van der Waals surface area contributed by atoms with Gasteiger partial charge < -0.3 is 19.1 Å². The summed E-state index contributed by atoms with van der Waals surface area (Å²) >= 11 is 0. The molecule has 0 bridgehead atoms. The second-order valence-corrected chi connectivity index (χ2v) is 7.77. The molecular formula is C23H29FN6O3. The number of ether oxygens (including phenoxy) is 3. The monoisotopic (exact) mass is 456 g/mol. The molecule has 1 atom stereocenters. The Hall–Kier alpha value is -3.24. The van der Waals surface area contributed by atoms with Crippen LogP contribution in [0.15, 0.2) is 42.5 Å². The number of piperazine rings is 1. The molecule has 0 N–H and O–H groups in total. The molecule has 1 fully saturated rings. The molecule has 0 aliphatic carbocycles. The summed E-state index contributed by atoms with van der Waals surface area (Å²) < 4.78 is 31.3. The van der Waals surface area contributed by atoms with E-state index in [0.717, 1.165) is 43.3 Å². The van der Waals surface area contributed by atoms with Crippen molar-refractivity contribution in [2.24, 2.45) is 0 Å². The average Bonchev–Trinajstić information content (AvgIpc) is 3.31. The highest BCUT2D eigenvalue weighted by atomic mass is 19.1. The van der Waals surface area contributed by atoms with Gasteiger partial charge in [0.1, 0.15) is 5.82 Å². The molecule has 1 aromatic heterocycles. The zero-order valence-corrected chi connectivity index (χ0v) is 19.1. The fraction of sp³-hybridized carbons (Fsp3) is 0.435. The van der Waals surface area contributed by atoms with Gasteiger partial charge in [-0.1, -0.05) is 6.07 Å². The first-order valence-corrected chi connectivity index (χ1v) is 10.9. The maximum absolute atomic E-state index is 13.3. The summed E-state index contributed by atoms with van der Waals surface area (Å²) in [7, 11) is 4.90. The highest BCUT2D eigenvalue weighted by molar-refractivity contribution is 5.47. The van der Waals surface area contributed by atoms with Gasteiger partial charge in [0.05, 0.1) is 33.4 Å². The van der Waals surface area contributed by atoms with E-state index in [0.29, 0.717) is 24.7 Å². The molecule has 10 heteroatoms. The summed E-state index contributed by atoms with van der Waals surface area (Å²) in [5.41, 5.74) is 2.03. The molecular weight excluding hydrogens is 427 g/mol. The normalized spacial score (nSPS) is 15.5. The Kier molecular flexibility index (Phi) is 7.36. The highest BCUT2D eigenvalue weighted by Gasteiger charge is 2.31. The van der Waals surface area contributed by atoms with Crippen molar-refractivity contribution < 1.29 is 18.6 Å². The minimum atomic E-state index is -0.228. The number of methoxy groups -OCH3 is 3. The summed E-state index contributed by atoms with van der Waals surface area (Å²) in [4.78, 5) is 4.62. The number of anilines is 1. The van der Waals surface area contributed by atoms with E-state index in [2.05, 4.69) is 25.3 Å². The van der Waals surface area contributed by atoms with Crippen LogP contribution in [-0.2, 0) is 11.3 Å². The van der Waals surface area contributed by atoms with E-state index in [1.807, 2.05) is 30.3 Å². The largest absolute Gasteiger partial charge is 0.493 e. The third-order valence-corrected chi connectivity index (χ3v) is 5.91. The summed E-state index contributed by atoms with van der Waals surface area (Å²) in [5.74, 6) is 1.84. The maximum Gasteiger partial charge on any atom is 0.173 e. The van der Waals surface area contributed by atoms with Crippen LogP contribution in [0.3, 0.4) is 0 Å². The smallest absolute Gasteiger partial charge is 0.173 e. The van der Waals surface area contributed by atoms with Crippen molar-refractivity contribution in [3.63, 3.8) is 0 Å². The molecule has 2 heterocycles. The van der Waals surface area contributed by atoms with Crippen molar-refractivity contribution >= 4 is 5.69 Å². The van der Waals surface area contributed by atoms with Crippen LogP contribution in [0.4, 0.5) is 10.1 Å². The number of rotatable bonds is 9. The molecule has 3 aromatic rings. The Bertz CT molecular complexity index is 1040. The fourth-order valence-corrected chi connectivity index (χ4v) is 4.18. The van der Waals surface area contributed by atoms with Crippen molar-refractivity contribution in [1.29, 1.82) is 0 Å². The molecule has 33 heavy (non-hydrogen) atoms. The van der Waals surface area contributed by atoms with Gasteiger partial charge in [-0.05, 0) is 52.4 Å². The number of aromatic nitrogens is 4. The molecule has 1 aliphatic rings. The number of hydrogen-bond acceptors (Lipinski definition) is 8. The van der Waals surface area contributed by atoms with Crippen LogP contribution in [0.2, 0.25) is 0 Å². The first-order chi connectivity index (χ1) is 16.1. The van der Waals surface area contributed by atoms with E-state index in [-0.39, 0.29) is 11.9 Å². The molecule has 0 amide bonds. The Labute approximate surface area is 192 Å². The van der Waals surface area contributed by atoms with Crippen molar-refractivity contribution in [3.05, 3.63) is 59.7 Å². The van der Waals surface area contributed by atoms with E-state index in [4.69, 9.17) is 14.2 Å². The molecule has 0 radical (unpaired) electrons. The van der Waals surface area contributed by atoms with E-state index in [1.54, 1.807) is 26.0 Å². The van der Waals surface area contributed by atoms with Gasteiger partial charge in [-0.2, -0.15) is 0 Å². The van der Waals surface area contributed by atoms with Gasteiger partial charge in [0, 0.05) is 39.0 Å². The minimum absolute atomic E-state index is 0.174. The number of benzene rings is 2. The molecule has 0 saturated carbocycles. The molecule has 176 valence electrons. The van der Waals surface area contributed by atoms with Crippen LogP contribution in [0, 0.1) is 5.82 Å². The first-order valence-electron chi connectivity index (χ1n) is 10.9. The van der Waals surface area contributed by atoms with Gasteiger partial charge in [0.15, 0.2) is 17.3 Å². The zero-order valence-electron chi connectivity index (χ0n) is 19.1. The van der Waals surface area contributed by atoms with E-state index in [9.17, 15) is 4.39 Å². The number of hydrogen-bond donors (Lipinski definition) is 0. The number of nitrogens with zero attached hydrogens (tertiary/aromatic N) is 6. The molecule has 1 saturated heterocycles. The second kappa shape index (κ2) is 10.6. The predicted molar refractivity (Wildman–Crippen MR) is 121 cm³/mol. The van der Waals surface area contributed by atoms with E-state index in [1.165, 1.54) is 12.1 Å². The fourth-order valence-electron chi connectivity index (χ4n) is 4.18. The lowest BCUT2D eigenvalue weighted by atomic mass is 10.0. The number of halogens is 1. The second-order valence-electron chi connectivity index (χ2n) is 7.77. The van der Waals surface area contributed by atoms with Crippen LogP contribution in [0.1, 0.15) is 17.4 Å². The van der Waals surface area contributed by atoms with Crippen LogP contribution in [-0.4, -0.2) is 79.2 Å². The standard InChI is InChI=1S/C23H29FN6O3/c1-31-15-14-30-23(25-26-27-30)22(17-4-9-20(32-2)21(16-17)33-3)29-12-10-28(11-13-29)19-7-5-18(24)6-8-19/h4-9,16,22H,10-15H2,1-3H3/t22-/m1/s1. The lowest BCUT2D eigenvalue weighted by Crippen LogP contribution is -2.48. The Morgan fingerprint density at radius 1 is 0.939 bits per heavy atom. The van der Waals surface area contributed by atoms with Gasteiger partial charge >= 0.3 is 0 Å². The molecule has 2 aromatic carbocycles. The Balaban J connectivity index is 1.63. The van der Waals surface area contributed by atoms with Crippen molar-refractivity contribution in [1.82, 2.24) is 25.1 Å². The van der Waals surface area contributed by atoms with Crippen LogP contribution >= 0.6 is 0 Å². The molecule has 4 rings (SSSR count). The quantitative estimate of drug-likeness (QED) is 0.486. The third kappa shape index (κ3) is 5.07. The Morgan fingerprint density at radius 2 is 1.67 bits per heavy atom. The maximum atomic E-state index is 13.3. The van der Waals surface area contributed by atoms with Gasteiger partial charge in [0.25, 0.3) is 0 Å². The first kappa shape index (κ1) is 22.9. The van der Waals surface area contributed by atoms with Gasteiger partial charge in [-0.25, -0.2) is 9.07 Å². The summed E-state index contributed by atoms with van der Waals surface area (Å²) in [6.45, 7) is 4.23. The van der Waals surface area contributed by atoms with E-state index >= 15 is 0 Å². The van der Waals surface area contributed by atoms with Crippen molar-refractivity contribution in [3.8, 4) is 11.5 Å². The SMILES string of the molecule is COCCn1nnnc1[C@@H](c1ccc(OC)c(OC)c1)N1CCN(c2ccc(F)cc2)CC1. The minimum Gasteiger partial charge on any atom is -0.493 e. The topological polar surface area (TPSA) is 77.8 Å². The lowest BCUT2D eigenvalue weighted by Gasteiger charge is -2.40. The summed E-state index contributed by atoms with van der Waals surface area (Å²) in [6.07, 6.45) is 0. The van der Waals surface area contributed by atoms with Crippen LogP contribution in [0.5, 0.6) is 11.5 Å². The molecule has 9 nitrogen and oxygen atoms in total. The Morgan fingerprint density at radius 3 is 2.33 bits per heavy atom. The van der Waals surface area contributed by atoms with Crippen molar-refractivity contribution in [2.75, 3.05) is 59.0 Å². The molecule has 0 unspecified atom stereocenters. The predicted octanol–water partition coefficient (Wildman–Crippen LogP) is 2.39. The van der Waals surface area contributed by atoms with Gasteiger partial charge in [-0.3, -0.25) is 4.90 Å². The average molecular weight is 457 g/mol. The summed E-state index contributed by atoms with van der Waals surface area (Å²) in [6, 6.07) is 12.4. The number of tetrazole rings is 1. The van der Waals surface area contributed by atoms with Gasteiger partial charge in [0.2, 0.25) is 0 Å². The van der Waals surface area contributed by atoms with Crippen molar-refractivity contribution in [2.45, 2.75) is 12.6 Å². The molecule has 1 aliphatic heterocycles. The van der Waals surface area contributed by atoms with Crippen LogP contribution in [0.25, 0.3) is 0 Å². The third-order valence-electron chi connectivity index (χ3n) is 5.91. The summed E-state index contributed by atoms with van der Waals surface area (Å²) in [5, 5.41) is 12.5. The lowest BCUT2D eigenvalue weighted by molar-refractivity contribution is 0.171. The van der Waals surface area contributed by atoms with Crippen LogP contribution < -0.4 is 14.4 Å². The molecule has 0 spiro atoms. The van der Waals surface area contributed by atoms with Gasteiger partial charge in [-0.15, -0.1) is 5.10 Å². The highest BCUT2D eigenvalue weighted by Crippen LogP contribution is 2.35. The van der Waals surface area contributed by atoms with E-state index < -0.39 is 0 Å². The zero-order chi connectivity index (χ0) is 23.2.